The van der Waals surface area contributed by atoms with Crippen LogP contribution in [0.15, 0.2) is 30.9 Å². The molecule has 2 saturated carbocycles. The Kier molecular flexibility index (Phi) is 8.89. The van der Waals surface area contributed by atoms with Gasteiger partial charge in [0.1, 0.15) is 6.10 Å². The normalized spacial score (nSPS) is 26.9. The molecule has 4 heteroatoms. The third-order valence-electron chi connectivity index (χ3n) is 7.18. The monoisotopic (exact) mass is 418 g/mol. The van der Waals surface area contributed by atoms with Gasteiger partial charge in [0.2, 0.25) is 0 Å². The van der Waals surface area contributed by atoms with Crippen LogP contribution >= 0.6 is 0 Å². The van der Waals surface area contributed by atoms with Crippen LogP contribution in [-0.4, -0.2) is 12.1 Å². The molecule has 2 fully saturated rings. The predicted octanol–water partition coefficient (Wildman–Crippen LogP) is 7.16. The lowest BCUT2D eigenvalue weighted by molar-refractivity contribution is -0.149. The zero-order valence-electron chi connectivity index (χ0n) is 18.1. The zero-order valence-corrected chi connectivity index (χ0v) is 18.1. The number of aryl methyl sites for hydroxylation is 1. The molecule has 2 aliphatic rings. The molecule has 1 aromatic carbocycles. The third kappa shape index (κ3) is 7.21. The van der Waals surface area contributed by atoms with Crippen molar-refractivity contribution in [3.05, 3.63) is 48.1 Å². The van der Waals surface area contributed by atoms with Crippen molar-refractivity contribution in [1.82, 2.24) is 0 Å². The van der Waals surface area contributed by atoms with E-state index in [1.165, 1.54) is 63.5 Å². The van der Waals surface area contributed by atoms with E-state index >= 15 is 0 Å². The largest absolute Gasteiger partial charge is 0.462 e. The van der Waals surface area contributed by atoms with E-state index in [1.807, 2.05) is 0 Å². The quantitative estimate of drug-likeness (QED) is 0.314. The van der Waals surface area contributed by atoms with Gasteiger partial charge >= 0.3 is 5.97 Å². The van der Waals surface area contributed by atoms with Gasteiger partial charge in [-0.25, -0.2) is 8.78 Å². The van der Waals surface area contributed by atoms with Gasteiger partial charge in [-0.1, -0.05) is 50.7 Å². The molecule has 0 aliphatic heterocycles. The predicted molar refractivity (Wildman–Crippen MR) is 116 cm³/mol. The molecule has 2 nitrogen and oxygen atoms in total. The summed E-state index contributed by atoms with van der Waals surface area (Å²) < 4.78 is 31.9. The highest BCUT2D eigenvalue weighted by Gasteiger charge is 2.26. The van der Waals surface area contributed by atoms with Crippen molar-refractivity contribution < 1.29 is 18.3 Å². The second-order valence-corrected chi connectivity index (χ2v) is 9.38. The Morgan fingerprint density at radius 1 is 0.900 bits per heavy atom. The van der Waals surface area contributed by atoms with Gasteiger partial charge in [-0.3, -0.25) is 4.79 Å². The number of halogens is 2. The first-order chi connectivity index (χ1) is 14.5. The van der Waals surface area contributed by atoms with E-state index in [9.17, 15) is 13.6 Å². The Hall–Kier alpha value is -1.71. The van der Waals surface area contributed by atoms with Crippen LogP contribution in [-0.2, 0) is 16.0 Å². The fourth-order valence-corrected chi connectivity index (χ4v) is 5.24. The van der Waals surface area contributed by atoms with E-state index in [4.69, 9.17) is 4.74 Å². The average molecular weight is 419 g/mol. The lowest BCUT2D eigenvalue weighted by Gasteiger charge is -2.32. The van der Waals surface area contributed by atoms with Gasteiger partial charge in [0.05, 0.1) is 6.42 Å². The van der Waals surface area contributed by atoms with Gasteiger partial charge in [0.15, 0.2) is 11.6 Å². The van der Waals surface area contributed by atoms with Crippen molar-refractivity contribution in [3.8, 4) is 0 Å². The molecule has 30 heavy (non-hydrogen) atoms. The van der Waals surface area contributed by atoms with Gasteiger partial charge in [-0.05, 0) is 74.0 Å². The van der Waals surface area contributed by atoms with Crippen molar-refractivity contribution in [2.75, 3.05) is 0 Å². The summed E-state index contributed by atoms with van der Waals surface area (Å²) in [5.74, 6) is 0.699. The Balaban J connectivity index is 1.28. The van der Waals surface area contributed by atoms with Crippen molar-refractivity contribution in [1.29, 1.82) is 0 Å². The second kappa shape index (κ2) is 11.6. The number of carbonyl (C=O) groups is 1. The van der Waals surface area contributed by atoms with E-state index in [-0.39, 0.29) is 12.1 Å². The maximum Gasteiger partial charge on any atom is 0.309 e. The molecule has 0 spiro atoms. The zero-order chi connectivity index (χ0) is 21.3. The number of esters is 1. The SMILES string of the molecule is C=CCC(=O)OC1CCC(CCC2CCC(CCc3ccc(F)c(F)c3)CC2)CC1. The molecule has 0 amide bonds. The van der Waals surface area contributed by atoms with Gasteiger partial charge in [-0.15, -0.1) is 6.58 Å². The number of hydrogen-bond donors (Lipinski definition) is 0. The van der Waals surface area contributed by atoms with Crippen molar-refractivity contribution >= 4 is 5.97 Å². The fraction of sp³-hybridized carbons (Fsp3) is 0.654. The smallest absolute Gasteiger partial charge is 0.309 e. The first-order valence-corrected chi connectivity index (χ1v) is 11.8. The number of carbonyl (C=O) groups excluding carboxylic acids is 1. The van der Waals surface area contributed by atoms with E-state index in [1.54, 1.807) is 12.1 Å². The van der Waals surface area contributed by atoms with Crippen LogP contribution < -0.4 is 0 Å². The molecule has 0 bridgehead atoms. The Morgan fingerprint density at radius 3 is 2.03 bits per heavy atom. The van der Waals surface area contributed by atoms with Crippen LogP contribution in [0.25, 0.3) is 0 Å². The Labute approximate surface area is 180 Å². The van der Waals surface area contributed by atoms with Gasteiger partial charge in [0, 0.05) is 0 Å². The summed E-state index contributed by atoms with van der Waals surface area (Å²) in [4.78, 5) is 11.6. The summed E-state index contributed by atoms with van der Waals surface area (Å²) in [5, 5.41) is 0. The molecule has 0 unspecified atom stereocenters. The molecule has 166 valence electrons. The molecule has 2 aliphatic carbocycles. The maximum atomic E-state index is 13.3. The average Bonchev–Trinajstić information content (AvgIpc) is 2.75. The van der Waals surface area contributed by atoms with E-state index < -0.39 is 11.6 Å². The summed E-state index contributed by atoms with van der Waals surface area (Å²) in [6.07, 6.45) is 16.1. The summed E-state index contributed by atoms with van der Waals surface area (Å²) in [6, 6.07) is 4.29. The highest BCUT2D eigenvalue weighted by Crippen LogP contribution is 2.37. The first-order valence-electron chi connectivity index (χ1n) is 11.8. The fourth-order valence-electron chi connectivity index (χ4n) is 5.24. The molecular formula is C26H36F2O2. The molecule has 0 saturated heterocycles. The van der Waals surface area contributed by atoms with E-state index in [2.05, 4.69) is 6.58 Å². The minimum absolute atomic E-state index is 0.110. The maximum absolute atomic E-state index is 13.3. The first kappa shape index (κ1) is 23.0. The summed E-state index contributed by atoms with van der Waals surface area (Å²) >= 11 is 0. The van der Waals surface area contributed by atoms with Crippen LogP contribution in [0.2, 0.25) is 0 Å². The topological polar surface area (TPSA) is 26.3 Å². The van der Waals surface area contributed by atoms with Crippen LogP contribution in [0.1, 0.15) is 82.6 Å². The third-order valence-corrected chi connectivity index (χ3v) is 7.18. The highest BCUT2D eigenvalue weighted by molar-refractivity contribution is 5.71. The highest BCUT2D eigenvalue weighted by atomic mass is 19.2. The standard InChI is InChI=1S/C26H36F2O2/c1-2-3-26(29)30-23-15-12-21(13-16-23)9-8-19-4-6-20(7-5-19)10-11-22-14-17-24(27)25(28)18-22/h2,14,17-21,23H,1,3-13,15-16H2. The van der Waals surface area contributed by atoms with Gasteiger partial charge in [-0.2, -0.15) is 0 Å². The molecule has 0 atom stereocenters. The molecule has 1 aromatic rings. The van der Waals surface area contributed by atoms with Crippen LogP contribution in [0.5, 0.6) is 0 Å². The minimum atomic E-state index is -0.763. The van der Waals surface area contributed by atoms with Gasteiger partial charge < -0.3 is 4.74 Å². The molecule has 0 aromatic heterocycles. The van der Waals surface area contributed by atoms with Crippen LogP contribution in [0.4, 0.5) is 8.78 Å². The number of hydrogen-bond acceptors (Lipinski definition) is 2. The second-order valence-electron chi connectivity index (χ2n) is 9.38. The summed E-state index contributed by atoms with van der Waals surface area (Å²) in [7, 11) is 0. The molecule has 0 radical (unpaired) electrons. The van der Waals surface area contributed by atoms with E-state index in [0.29, 0.717) is 6.42 Å². The number of ether oxygens (including phenoxy) is 1. The molecule has 0 N–H and O–H groups in total. The van der Waals surface area contributed by atoms with Crippen molar-refractivity contribution in [2.24, 2.45) is 17.8 Å². The summed E-state index contributed by atoms with van der Waals surface area (Å²) in [5.41, 5.74) is 0.904. The molecule has 0 heterocycles. The number of benzene rings is 1. The van der Waals surface area contributed by atoms with E-state index in [0.717, 1.165) is 49.0 Å². The minimum Gasteiger partial charge on any atom is -0.462 e. The van der Waals surface area contributed by atoms with Crippen LogP contribution in [0, 0.1) is 29.4 Å². The Morgan fingerprint density at radius 2 is 1.47 bits per heavy atom. The lowest BCUT2D eigenvalue weighted by Crippen LogP contribution is -2.24. The van der Waals surface area contributed by atoms with Crippen molar-refractivity contribution in [3.63, 3.8) is 0 Å². The van der Waals surface area contributed by atoms with Crippen molar-refractivity contribution in [2.45, 2.75) is 89.6 Å². The Bertz CT molecular complexity index is 686. The number of rotatable bonds is 9. The van der Waals surface area contributed by atoms with Crippen LogP contribution in [0.3, 0.4) is 0 Å². The summed E-state index contributed by atoms with van der Waals surface area (Å²) in [6.45, 7) is 3.58. The van der Waals surface area contributed by atoms with Gasteiger partial charge in [0.25, 0.3) is 0 Å². The lowest BCUT2D eigenvalue weighted by atomic mass is 9.75. The molecule has 3 rings (SSSR count). The molecular weight excluding hydrogens is 382 g/mol.